The topological polar surface area (TPSA) is 68.0 Å². The van der Waals surface area contributed by atoms with Crippen molar-refractivity contribution in [3.05, 3.63) is 41.7 Å². The predicted molar refractivity (Wildman–Crippen MR) is 73.4 cm³/mol. The summed E-state index contributed by atoms with van der Waals surface area (Å²) in [5.74, 6) is 0.666. The van der Waals surface area contributed by atoms with Gasteiger partial charge >= 0.3 is 0 Å². The lowest BCUT2D eigenvalue weighted by atomic mass is 10.0. The number of nitrogens with zero attached hydrogens (tertiary/aromatic N) is 1. The highest BCUT2D eigenvalue weighted by atomic mass is 16.2. The minimum atomic E-state index is -0.0576. The van der Waals surface area contributed by atoms with Crippen molar-refractivity contribution in [3.8, 4) is 0 Å². The Morgan fingerprint density at radius 1 is 1.32 bits per heavy atom. The zero-order valence-corrected chi connectivity index (χ0v) is 10.9. The Balaban J connectivity index is 1.86. The largest absolute Gasteiger partial charge is 0.356 e. The first kappa shape index (κ1) is 12.4. The molecule has 1 aliphatic heterocycles. The van der Waals surface area contributed by atoms with Crippen LogP contribution in [0.1, 0.15) is 42.5 Å². The van der Waals surface area contributed by atoms with E-state index in [-0.39, 0.29) is 17.9 Å². The smallest absolute Gasteiger partial charge is 0.223 e. The number of pyridine rings is 1. The minimum Gasteiger partial charge on any atom is -0.356 e. The van der Waals surface area contributed by atoms with Crippen LogP contribution in [-0.2, 0) is 4.79 Å². The summed E-state index contributed by atoms with van der Waals surface area (Å²) in [6, 6.07) is 4.01. The summed E-state index contributed by atoms with van der Waals surface area (Å²) in [6.45, 7) is 0.712. The first-order valence-electron chi connectivity index (χ1n) is 6.90. The van der Waals surface area contributed by atoms with Gasteiger partial charge in [0.2, 0.25) is 5.91 Å². The van der Waals surface area contributed by atoms with Crippen LogP contribution in [0.15, 0.2) is 30.5 Å². The highest BCUT2D eigenvalue weighted by Gasteiger charge is 2.43. The Hall–Kier alpha value is -1.68. The molecule has 2 aliphatic rings. The van der Waals surface area contributed by atoms with E-state index < -0.39 is 0 Å². The molecular weight excluding hydrogens is 238 g/mol. The van der Waals surface area contributed by atoms with Crippen molar-refractivity contribution in [2.45, 2.75) is 31.2 Å². The third kappa shape index (κ3) is 2.68. The van der Waals surface area contributed by atoms with Crippen LogP contribution in [0.4, 0.5) is 0 Å². The van der Waals surface area contributed by atoms with Crippen LogP contribution in [0, 0.1) is 5.92 Å². The van der Waals surface area contributed by atoms with Crippen LogP contribution in [-0.4, -0.2) is 17.4 Å². The van der Waals surface area contributed by atoms with Gasteiger partial charge in [0.25, 0.3) is 0 Å². The van der Waals surface area contributed by atoms with Gasteiger partial charge in [0.1, 0.15) is 0 Å². The molecule has 4 heteroatoms. The molecule has 0 saturated heterocycles. The van der Waals surface area contributed by atoms with Crippen molar-refractivity contribution in [2.75, 3.05) is 6.54 Å². The highest BCUT2D eigenvalue weighted by molar-refractivity contribution is 5.82. The second-order valence-corrected chi connectivity index (χ2v) is 5.36. The van der Waals surface area contributed by atoms with Gasteiger partial charge in [0.05, 0.1) is 11.7 Å². The van der Waals surface area contributed by atoms with Gasteiger partial charge in [0.15, 0.2) is 0 Å². The highest BCUT2D eigenvalue weighted by Crippen LogP contribution is 2.47. The maximum atomic E-state index is 11.9. The average molecular weight is 257 g/mol. The molecule has 3 N–H and O–H groups in total. The van der Waals surface area contributed by atoms with E-state index in [1.54, 1.807) is 6.20 Å². The van der Waals surface area contributed by atoms with E-state index in [0.29, 0.717) is 12.5 Å². The summed E-state index contributed by atoms with van der Waals surface area (Å²) in [4.78, 5) is 16.3. The lowest BCUT2D eigenvalue weighted by molar-refractivity contribution is -0.122. The molecule has 1 fully saturated rings. The third-order valence-electron chi connectivity index (χ3n) is 3.91. The van der Waals surface area contributed by atoms with E-state index in [4.69, 9.17) is 5.73 Å². The summed E-state index contributed by atoms with van der Waals surface area (Å²) in [5, 5.41) is 2.99. The normalized spacial score (nSPS) is 32.1. The fourth-order valence-electron chi connectivity index (χ4n) is 2.64. The quantitative estimate of drug-likeness (QED) is 0.694. The van der Waals surface area contributed by atoms with Crippen molar-refractivity contribution >= 4 is 5.91 Å². The second kappa shape index (κ2) is 5.13. The lowest BCUT2D eigenvalue weighted by Crippen LogP contribution is -2.26. The van der Waals surface area contributed by atoms with Gasteiger partial charge in [0, 0.05) is 18.7 Å². The molecular formula is C15H19N3O. The van der Waals surface area contributed by atoms with Crippen molar-refractivity contribution < 1.29 is 4.79 Å². The maximum Gasteiger partial charge on any atom is 0.223 e. The van der Waals surface area contributed by atoms with E-state index in [9.17, 15) is 4.79 Å². The number of rotatable bonds is 0. The molecule has 0 aromatic carbocycles. The van der Waals surface area contributed by atoms with Crippen molar-refractivity contribution in [3.63, 3.8) is 0 Å². The molecule has 2 bridgehead atoms. The third-order valence-corrected chi connectivity index (χ3v) is 3.91. The zero-order valence-electron chi connectivity index (χ0n) is 10.9. The molecule has 100 valence electrons. The van der Waals surface area contributed by atoms with E-state index in [1.165, 1.54) is 5.56 Å². The molecule has 1 amide bonds. The molecule has 0 radical (unpaired) electrons. The van der Waals surface area contributed by atoms with E-state index in [1.807, 2.05) is 6.07 Å². The van der Waals surface area contributed by atoms with E-state index in [0.717, 1.165) is 25.0 Å². The second-order valence-electron chi connectivity index (χ2n) is 5.36. The molecule has 2 heterocycles. The molecule has 1 aliphatic carbocycles. The number of nitrogens with two attached hydrogens (primary N) is 1. The number of aromatic nitrogens is 1. The van der Waals surface area contributed by atoms with E-state index in [2.05, 4.69) is 28.5 Å². The van der Waals surface area contributed by atoms with Crippen LogP contribution >= 0.6 is 0 Å². The number of hydrogen-bond acceptors (Lipinski definition) is 3. The molecule has 4 nitrogen and oxygen atoms in total. The van der Waals surface area contributed by atoms with Gasteiger partial charge in [-0.2, -0.15) is 0 Å². The number of carbonyl (C=O) groups is 1. The van der Waals surface area contributed by atoms with Crippen LogP contribution in [0.2, 0.25) is 0 Å². The van der Waals surface area contributed by atoms with Crippen molar-refractivity contribution in [1.82, 2.24) is 10.3 Å². The van der Waals surface area contributed by atoms with Crippen LogP contribution in [0.25, 0.3) is 0 Å². The Labute approximate surface area is 113 Å². The fourth-order valence-corrected chi connectivity index (χ4v) is 2.64. The Morgan fingerprint density at radius 3 is 3.11 bits per heavy atom. The van der Waals surface area contributed by atoms with E-state index >= 15 is 0 Å². The van der Waals surface area contributed by atoms with Crippen LogP contribution in [0.3, 0.4) is 0 Å². The molecule has 1 saturated carbocycles. The zero-order chi connectivity index (χ0) is 13.2. The molecule has 1 aromatic heterocycles. The molecule has 1 aromatic rings. The Kier molecular flexibility index (Phi) is 3.34. The van der Waals surface area contributed by atoms with Gasteiger partial charge in [-0.3, -0.25) is 9.78 Å². The van der Waals surface area contributed by atoms with Gasteiger partial charge in [-0.25, -0.2) is 0 Å². The molecule has 0 spiro atoms. The van der Waals surface area contributed by atoms with Gasteiger partial charge in [-0.15, -0.1) is 0 Å². The first-order chi connectivity index (χ1) is 9.25. The summed E-state index contributed by atoms with van der Waals surface area (Å²) >= 11 is 0. The summed E-state index contributed by atoms with van der Waals surface area (Å²) in [5.41, 5.74) is 8.27. The number of hydrogen-bond donors (Lipinski definition) is 2. The van der Waals surface area contributed by atoms with Gasteiger partial charge in [-0.05, 0) is 42.9 Å². The number of nitrogens with one attached hydrogen (secondary N) is 1. The maximum absolute atomic E-state index is 11.9. The van der Waals surface area contributed by atoms with Gasteiger partial charge in [-0.1, -0.05) is 12.2 Å². The minimum absolute atomic E-state index is 0.0576. The monoisotopic (exact) mass is 257 g/mol. The molecule has 3 rings (SSSR count). The number of fused-ring (bicyclic) bond motifs is 4. The Bertz CT molecular complexity index is 512. The lowest BCUT2D eigenvalue weighted by Gasteiger charge is -2.10. The molecule has 19 heavy (non-hydrogen) atoms. The fraction of sp³-hybridized carbons (Fsp3) is 0.467. The first-order valence-corrected chi connectivity index (χ1v) is 6.90. The average Bonchev–Trinajstić information content (AvgIpc) is 3.22. The summed E-state index contributed by atoms with van der Waals surface area (Å²) in [6.07, 6.45) is 8.55. The number of amides is 1. The Morgan fingerprint density at radius 2 is 2.21 bits per heavy atom. The standard InChI is InChI=1S/C15H19N3O/c16-13-4-2-1-3-6-18-15(19)12-9-11(12)10-5-7-17-14(13)8-10/h1-2,5,7-8,11-13H,3-4,6,9,16H2,(H,18,19)/b2-1+/t11-,12-,13+/m1/s1. The molecule has 0 unspecified atom stereocenters. The van der Waals surface area contributed by atoms with Crippen LogP contribution < -0.4 is 11.1 Å². The summed E-state index contributed by atoms with van der Waals surface area (Å²) < 4.78 is 0. The summed E-state index contributed by atoms with van der Waals surface area (Å²) in [7, 11) is 0. The van der Waals surface area contributed by atoms with Crippen LogP contribution in [0.5, 0.6) is 0 Å². The predicted octanol–water partition coefficient (Wildman–Crippen LogP) is 1.65. The van der Waals surface area contributed by atoms with Crippen molar-refractivity contribution in [1.29, 1.82) is 0 Å². The number of carbonyl (C=O) groups excluding carboxylic acids is 1. The SMILES string of the molecule is N[C@H]1C/C=C/CCNC(=O)[C@@H]2C[C@@H]2c2ccnc1c2. The van der Waals surface area contributed by atoms with Crippen molar-refractivity contribution in [2.24, 2.45) is 11.7 Å². The molecule has 3 atom stereocenters. The van der Waals surface area contributed by atoms with Gasteiger partial charge < -0.3 is 11.1 Å².